The average Bonchev–Trinajstić information content (AvgIpc) is 2.43. The van der Waals surface area contributed by atoms with E-state index in [-0.39, 0.29) is 11.9 Å². The molecule has 0 bridgehead atoms. The Kier molecular flexibility index (Phi) is 5.44. The van der Waals surface area contributed by atoms with Crippen molar-refractivity contribution in [3.05, 3.63) is 67.9 Å². The van der Waals surface area contributed by atoms with Crippen LogP contribution in [0.25, 0.3) is 0 Å². The summed E-state index contributed by atoms with van der Waals surface area (Å²) in [6.07, 6.45) is 0.559. The third kappa shape index (κ3) is 3.53. The molecule has 0 heterocycles. The first-order chi connectivity index (χ1) is 9.52. The van der Waals surface area contributed by atoms with Crippen LogP contribution in [0.5, 0.6) is 0 Å². The zero-order valence-corrected chi connectivity index (χ0v) is 13.9. The lowest BCUT2D eigenvalue weighted by atomic mass is 9.98. The molecule has 2 rings (SSSR count). The molecule has 0 saturated carbocycles. The number of likely N-dealkylation sites (N-methyl/N-ethyl adjacent to an activating group) is 1. The standard InChI is InChI=1S/C15H13BrCl2FN/c1-20-14(11-3-2-4-12(16)15(11)19)8-9-7-10(17)5-6-13(9)18/h2-7,14,20H,8H2,1H3. The Labute approximate surface area is 136 Å². The zero-order chi connectivity index (χ0) is 14.7. The molecule has 0 amide bonds. The van der Waals surface area contributed by atoms with E-state index in [1.165, 1.54) is 0 Å². The molecule has 106 valence electrons. The monoisotopic (exact) mass is 375 g/mol. The maximum Gasteiger partial charge on any atom is 0.142 e. The number of rotatable bonds is 4. The molecule has 0 spiro atoms. The molecule has 0 aliphatic carbocycles. The Balaban J connectivity index is 2.34. The van der Waals surface area contributed by atoms with E-state index in [1.807, 2.05) is 12.1 Å². The lowest BCUT2D eigenvalue weighted by molar-refractivity contribution is 0.531. The second-order valence-electron chi connectivity index (χ2n) is 4.42. The van der Waals surface area contributed by atoms with Gasteiger partial charge in [-0.05, 0) is 59.2 Å². The van der Waals surface area contributed by atoms with E-state index in [9.17, 15) is 4.39 Å². The summed E-state index contributed by atoms with van der Waals surface area (Å²) in [4.78, 5) is 0. The van der Waals surface area contributed by atoms with E-state index < -0.39 is 0 Å². The molecule has 1 atom stereocenters. The molecule has 1 nitrogen and oxygen atoms in total. The van der Waals surface area contributed by atoms with E-state index >= 15 is 0 Å². The highest BCUT2D eigenvalue weighted by Gasteiger charge is 2.17. The van der Waals surface area contributed by atoms with Gasteiger partial charge in [0.05, 0.1) is 4.47 Å². The molecule has 0 saturated heterocycles. The van der Waals surface area contributed by atoms with Crippen molar-refractivity contribution in [3.63, 3.8) is 0 Å². The summed E-state index contributed by atoms with van der Waals surface area (Å²) >= 11 is 15.4. The van der Waals surface area contributed by atoms with Gasteiger partial charge in [0, 0.05) is 21.7 Å². The van der Waals surface area contributed by atoms with Gasteiger partial charge >= 0.3 is 0 Å². The molecule has 1 N–H and O–H groups in total. The molecule has 2 aromatic carbocycles. The maximum atomic E-state index is 14.2. The summed E-state index contributed by atoms with van der Waals surface area (Å²) in [5.41, 5.74) is 1.48. The van der Waals surface area contributed by atoms with Gasteiger partial charge in [-0.3, -0.25) is 0 Å². The van der Waals surface area contributed by atoms with Crippen LogP contribution in [0.4, 0.5) is 4.39 Å². The van der Waals surface area contributed by atoms with Gasteiger partial charge in [-0.25, -0.2) is 4.39 Å². The zero-order valence-electron chi connectivity index (χ0n) is 10.8. The fraction of sp³-hybridized carbons (Fsp3) is 0.200. The summed E-state index contributed by atoms with van der Waals surface area (Å²) in [6, 6.07) is 10.4. The van der Waals surface area contributed by atoms with Gasteiger partial charge in [0.25, 0.3) is 0 Å². The predicted octanol–water partition coefficient (Wildman–Crippen LogP) is 5.40. The number of hydrogen-bond acceptors (Lipinski definition) is 1. The number of hydrogen-bond donors (Lipinski definition) is 1. The van der Waals surface area contributed by atoms with Crippen molar-refractivity contribution >= 4 is 39.1 Å². The Hall–Kier alpha value is -0.610. The lowest BCUT2D eigenvalue weighted by Crippen LogP contribution is -2.20. The normalized spacial score (nSPS) is 12.4. The molecule has 0 fully saturated rings. The van der Waals surface area contributed by atoms with E-state index in [1.54, 1.807) is 31.3 Å². The van der Waals surface area contributed by atoms with E-state index in [0.717, 1.165) is 5.56 Å². The minimum Gasteiger partial charge on any atom is -0.313 e. The van der Waals surface area contributed by atoms with E-state index in [0.29, 0.717) is 26.5 Å². The molecule has 0 aliphatic heterocycles. The van der Waals surface area contributed by atoms with Gasteiger partial charge in [0.1, 0.15) is 5.82 Å². The molecule has 0 aromatic heterocycles. The molecule has 1 unspecified atom stereocenters. The highest BCUT2D eigenvalue weighted by molar-refractivity contribution is 9.10. The van der Waals surface area contributed by atoms with Gasteiger partial charge in [-0.15, -0.1) is 0 Å². The fourth-order valence-electron chi connectivity index (χ4n) is 2.08. The molecule has 20 heavy (non-hydrogen) atoms. The highest BCUT2D eigenvalue weighted by Crippen LogP contribution is 2.29. The quantitative estimate of drug-likeness (QED) is 0.753. The largest absolute Gasteiger partial charge is 0.313 e. The van der Waals surface area contributed by atoms with Crippen LogP contribution in [0, 0.1) is 5.82 Å². The van der Waals surface area contributed by atoms with Crippen LogP contribution < -0.4 is 5.32 Å². The van der Waals surface area contributed by atoms with Gasteiger partial charge < -0.3 is 5.32 Å². The molecule has 0 radical (unpaired) electrons. The van der Waals surface area contributed by atoms with Crippen molar-refractivity contribution in [2.24, 2.45) is 0 Å². The van der Waals surface area contributed by atoms with Crippen molar-refractivity contribution in [1.29, 1.82) is 0 Å². The summed E-state index contributed by atoms with van der Waals surface area (Å²) in [6.45, 7) is 0. The molecular weight excluding hydrogens is 364 g/mol. The summed E-state index contributed by atoms with van der Waals surface area (Å²) in [5, 5.41) is 4.37. The molecule has 5 heteroatoms. The van der Waals surface area contributed by atoms with Crippen LogP contribution in [0.1, 0.15) is 17.2 Å². The smallest absolute Gasteiger partial charge is 0.142 e. The minimum absolute atomic E-state index is 0.177. The van der Waals surface area contributed by atoms with Crippen molar-refractivity contribution < 1.29 is 4.39 Å². The second-order valence-corrected chi connectivity index (χ2v) is 6.12. The van der Waals surface area contributed by atoms with Crippen molar-refractivity contribution in [1.82, 2.24) is 5.32 Å². The molecule has 2 aromatic rings. The first kappa shape index (κ1) is 15.8. The Morgan fingerprint density at radius 3 is 2.70 bits per heavy atom. The highest BCUT2D eigenvalue weighted by atomic mass is 79.9. The summed E-state index contributed by atoms with van der Waals surface area (Å²) in [5.74, 6) is -0.259. The topological polar surface area (TPSA) is 12.0 Å². The van der Waals surface area contributed by atoms with Crippen molar-refractivity contribution in [2.75, 3.05) is 7.05 Å². The first-order valence-corrected chi connectivity index (χ1v) is 7.63. The number of nitrogens with one attached hydrogen (secondary N) is 1. The Morgan fingerprint density at radius 1 is 1.25 bits per heavy atom. The van der Waals surface area contributed by atoms with Gasteiger partial charge in [-0.2, -0.15) is 0 Å². The predicted molar refractivity (Wildman–Crippen MR) is 86.1 cm³/mol. The van der Waals surface area contributed by atoms with Crippen LogP contribution in [0.3, 0.4) is 0 Å². The van der Waals surface area contributed by atoms with E-state index in [4.69, 9.17) is 23.2 Å². The molecular formula is C15H13BrCl2FN. The summed E-state index contributed by atoms with van der Waals surface area (Å²) < 4.78 is 14.6. The minimum atomic E-state index is -0.259. The maximum absolute atomic E-state index is 14.2. The SMILES string of the molecule is CNC(Cc1cc(Cl)ccc1Cl)c1cccc(Br)c1F. The van der Waals surface area contributed by atoms with Gasteiger partial charge in [0.2, 0.25) is 0 Å². The molecule has 0 aliphatic rings. The van der Waals surface area contributed by atoms with Crippen LogP contribution in [0.15, 0.2) is 40.9 Å². The van der Waals surface area contributed by atoms with Crippen LogP contribution in [-0.2, 0) is 6.42 Å². The third-order valence-corrected chi connectivity index (χ3v) is 4.35. The fourth-order valence-corrected chi connectivity index (χ4v) is 2.85. The average molecular weight is 377 g/mol. The first-order valence-electron chi connectivity index (χ1n) is 6.08. The Morgan fingerprint density at radius 2 is 2.00 bits per heavy atom. The lowest BCUT2D eigenvalue weighted by Gasteiger charge is -2.19. The van der Waals surface area contributed by atoms with Crippen LogP contribution >= 0.6 is 39.1 Å². The van der Waals surface area contributed by atoms with Crippen LogP contribution in [0.2, 0.25) is 10.0 Å². The number of benzene rings is 2. The third-order valence-electron chi connectivity index (χ3n) is 3.14. The van der Waals surface area contributed by atoms with Crippen molar-refractivity contribution in [3.8, 4) is 0 Å². The van der Waals surface area contributed by atoms with Gasteiger partial charge in [0.15, 0.2) is 0 Å². The van der Waals surface area contributed by atoms with Gasteiger partial charge in [-0.1, -0.05) is 35.3 Å². The van der Waals surface area contributed by atoms with E-state index in [2.05, 4.69) is 21.2 Å². The Bertz CT molecular complexity index is 619. The van der Waals surface area contributed by atoms with Crippen LogP contribution in [-0.4, -0.2) is 7.05 Å². The second kappa shape index (κ2) is 6.90. The van der Waals surface area contributed by atoms with Crippen molar-refractivity contribution in [2.45, 2.75) is 12.5 Å². The number of halogens is 4. The summed E-state index contributed by atoms with van der Waals surface area (Å²) in [7, 11) is 1.80.